The number of likely N-dealkylation sites (tertiary alicyclic amines) is 1. The second-order valence-electron chi connectivity index (χ2n) is 5.02. The molecule has 1 aromatic carbocycles. The third kappa shape index (κ3) is 3.50. The molecule has 1 aliphatic rings. The first-order valence-corrected chi connectivity index (χ1v) is 6.48. The van der Waals surface area contributed by atoms with E-state index >= 15 is 0 Å². The zero-order valence-corrected chi connectivity index (χ0v) is 10.5. The fourth-order valence-corrected chi connectivity index (χ4v) is 2.51. The molecule has 0 radical (unpaired) electrons. The summed E-state index contributed by atoms with van der Waals surface area (Å²) in [5.41, 5.74) is 6.89. The van der Waals surface area contributed by atoms with Crippen LogP contribution in [0, 0.1) is 5.92 Å². The van der Waals surface area contributed by atoms with Crippen molar-refractivity contribution in [3.8, 4) is 0 Å². The van der Waals surface area contributed by atoms with Gasteiger partial charge in [0.05, 0.1) is 0 Å². The van der Waals surface area contributed by atoms with Gasteiger partial charge in [0.15, 0.2) is 0 Å². The summed E-state index contributed by atoms with van der Waals surface area (Å²) in [5.74, 6) is 0.582. The van der Waals surface area contributed by atoms with Crippen molar-refractivity contribution < 1.29 is 8.78 Å². The lowest BCUT2D eigenvalue weighted by Crippen LogP contribution is -2.37. The van der Waals surface area contributed by atoms with Crippen molar-refractivity contribution in [1.82, 2.24) is 4.90 Å². The van der Waals surface area contributed by atoms with Gasteiger partial charge in [-0.15, -0.1) is 0 Å². The molecule has 100 valence electrons. The van der Waals surface area contributed by atoms with Crippen LogP contribution >= 0.6 is 0 Å². The zero-order chi connectivity index (χ0) is 13.0. The Morgan fingerprint density at radius 3 is 2.61 bits per heavy atom. The van der Waals surface area contributed by atoms with E-state index in [2.05, 4.69) is 4.90 Å². The monoisotopic (exact) mass is 254 g/mol. The van der Waals surface area contributed by atoms with Crippen molar-refractivity contribution in [2.24, 2.45) is 11.7 Å². The van der Waals surface area contributed by atoms with E-state index in [1.165, 1.54) is 25.0 Å². The molecule has 1 heterocycles. The summed E-state index contributed by atoms with van der Waals surface area (Å²) < 4.78 is 24.9. The largest absolute Gasteiger partial charge is 0.330 e. The van der Waals surface area contributed by atoms with E-state index in [0.717, 1.165) is 31.7 Å². The van der Waals surface area contributed by atoms with E-state index in [0.29, 0.717) is 5.92 Å². The Morgan fingerprint density at radius 2 is 2.00 bits per heavy atom. The molecule has 0 amide bonds. The van der Waals surface area contributed by atoms with Gasteiger partial charge in [-0.3, -0.25) is 4.90 Å². The van der Waals surface area contributed by atoms with Crippen LogP contribution in [0.3, 0.4) is 0 Å². The fraction of sp³-hybridized carbons (Fsp3) is 0.571. The molecule has 1 aliphatic heterocycles. The fourth-order valence-electron chi connectivity index (χ4n) is 2.51. The molecular weight excluding hydrogens is 234 g/mol. The van der Waals surface area contributed by atoms with E-state index in [-0.39, 0.29) is 5.56 Å². The van der Waals surface area contributed by atoms with E-state index in [1.54, 1.807) is 12.1 Å². The number of alkyl halides is 2. The van der Waals surface area contributed by atoms with Gasteiger partial charge in [-0.25, -0.2) is 8.78 Å². The molecule has 1 fully saturated rings. The summed E-state index contributed by atoms with van der Waals surface area (Å²) in [6.07, 6.45) is 0.00422. The SMILES string of the molecule is NCC1CCCN(Cc2ccc(C(F)F)cc2)C1. The van der Waals surface area contributed by atoms with Gasteiger partial charge in [0, 0.05) is 18.7 Å². The molecule has 0 bridgehead atoms. The summed E-state index contributed by atoms with van der Waals surface area (Å²) in [6.45, 7) is 3.67. The second kappa shape index (κ2) is 6.25. The summed E-state index contributed by atoms with van der Waals surface area (Å²) in [6, 6.07) is 6.63. The van der Waals surface area contributed by atoms with Crippen molar-refractivity contribution in [2.75, 3.05) is 19.6 Å². The van der Waals surface area contributed by atoms with E-state index in [4.69, 9.17) is 5.73 Å². The van der Waals surface area contributed by atoms with Crippen LogP contribution in [0.2, 0.25) is 0 Å². The highest BCUT2D eigenvalue weighted by Gasteiger charge is 2.18. The minimum Gasteiger partial charge on any atom is -0.330 e. The Labute approximate surface area is 107 Å². The summed E-state index contributed by atoms with van der Waals surface area (Å²) in [5, 5.41) is 0. The molecule has 2 rings (SSSR count). The number of nitrogens with zero attached hydrogens (tertiary/aromatic N) is 1. The molecule has 1 unspecified atom stereocenters. The molecule has 1 aromatic rings. The number of halogens is 2. The first-order valence-electron chi connectivity index (χ1n) is 6.48. The quantitative estimate of drug-likeness (QED) is 0.895. The standard InChI is InChI=1S/C14H20F2N2/c15-14(16)13-5-3-11(4-6-13)9-18-7-1-2-12(8-17)10-18/h3-6,12,14H,1-2,7-10,17H2. The molecule has 1 atom stereocenters. The van der Waals surface area contributed by atoms with Crippen LogP contribution in [0.25, 0.3) is 0 Å². The van der Waals surface area contributed by atoms with Crippen molar-refractivity contribution in [3.05, 3.63) is 35.4 Å². The van der Waals surface area contributed by atoms with Crippen LogP contribution in [0.15, 0.2) is 24.3 Å². The third-order valence-corrected chi connectivity index (χ3v) is 3.57. The number of piperidine rings is 1. The summed E-state index contributed by atoms with van der Waals surface area (Å²) >= 11 is 0. The van der Waals surface area contributed by atoms with Crippen LogP contribution in [0.4, 0.5) is 8.78 Å². The zero-order valence-electron chi connectivity index (χ0n) is 10.5. The average molecular weight is 254 g/mol. The smallest absolute Gasteiger partial charge is 0.263 e. The third-order valence-electron chi connectivity index (χ3n) is 3.57. The molecule has 2 N–H and O–H groups in total. The Balaban J connectivity index is 1.92. The minimum atomic E-state index is -2.38. The number of benzene rings is 1. The average Bonchev–Trinajstić information content (AvgIpc) is 2.39. The number of nitrogens with two attached hydrogens (primary N) is 1. The Kier molecular flexibility index (Phi) is 4.66. The van der Waals surface area contributed by atoms with E-state index < -0.39 is 6.43 Å². The Bertz CT molecular complexity index is 365. The lowest BCUT2D eigenvalue weighted by Gasteiger charge is -2.32. The van der Waals surface area contributed by atoms with Crippen LogP contribution in [0.1, 0.15) is 30.4 Å². The number of rotatable bonds is 4. The van der Waals surface area contributed by atoms with Crippen LogP contribution in [0.5, 0.6) is 0 Å². The molecule has 0 aliphatic carbocycles. The highest BCUT2D eigenvalue weighted by atomic mass is 19.3. The maximum absolute atomic E-state index is 12.4. The van der Waals surface area contributed by atoms with Gasteiger partial charge in [-0.1, -0.05) is 24.3 Å². The van der Waals surface area contributed by atoms with Crippen molar-refractivity contribution >= 4 is 0 Å². The predicted molar refractivity (Wildman–Crippen MR) is 68.5 cm³/mol. The maximum atomic E-state index is 12.4. The van der Waals surface area contributed by atoms with E-state index in [1.807, 2.05) is 0 Å². The van der Waals surface area contributed by atoms with Gasteiger partial charge < -0.3 is 5.73 Å². The molecule has 18 heavy (non-hydrogen) atoms. The van der Waals surface area contributed by atoms with Crippen LogP contribution in [-0.4, -0.2) is 24.5 Å². The lowest BCUT2D eigenvalue weighted by atomic mass is 9.98. The topological polar surface area (TPSA) is 29.3 Å². The Morgan fingerprint density at radius 1 is 1.28 bits per heavy atom. The molecule has 4 heteroatoms. The predicted octanol–water partition coefficient (Wildman–Crippen LogP) is 2.79. The highest BCUT2D eigenvalue weighted by molar-refractivity contribution is 5.23. The normalized spacial score (nSPS) is 21.4. The van der Waals surface area contributed by atoms with Gasteiger partial charge >= 0.3 is 0 Å². The Hall–Kier alpha value is -1.00. The van der Waals surface area contributed by atoms with E-state index in [9.17, 15) is 8.78 Å². The van der Waals surface area contributed by atoms with Gasteiger partial charge in [0.1, 0.15) is 0 Å². The van der Waals surface area contributed by atoms with Crippen LogP contribution in [-0.2, 0) is 6.54 Å². The van der Waals surface area contributed by atoms with Gasteiger partial charge in [-0.2, -0.15) is 0 Å². The minimum absolute atomic E-state index is 0.0947. The maximum Gasteiger partial charge on any atom is 0.263 e. The summed E-state index contributed by atoms with van der Waals surface area (Å²) in [7, 11) is 0. The van der Waals surface area contributed by atoms with Crippen LogP contribution < -0.4 is 5.73 Å². The number of hydrogen-bond acceptors (Lipinski definition) is 2. The van der Waals surface area contributed by atoms with Crippen molar-refractivity contribution in [3.63, 3.8) is 0 Å². The molecule has 1 saturated heterocycles. The van der Waals surface area contributed by atoms with Crippen molar-refractivity contribution in [2.45, 2.75) is 25.8 Å². The molecule has 0 spiro atoms. The second-order valence-corrected chi connectivity index (χ2v) is 5.02. The molecular formula is C14H20F2N2. The van der Waals surface area contributed by atoms with Gasteiger partial charge in [-0.05, 0) is 37.4 Å². The highest BCUT2D eigenvalue weighted by Crippen LogP contribution is 2.21. The molecule has 2 nitrogen and oxygen atoms in total. The number of hydrogen-bond donors (Lipinski definition) is 1. The molecule has 0 aromatic heterocycles. The van der Waals surface area contributed by atoms with Gasteiger partial charge in [0.25, 0.3) is 6.43 Å². The molecule has 0 saturated carbocycles. The van der Waals surface area contributed by atoms with Crippen molar-refractivity contribution in [1.29, 1.82) is 0 Å². The first kappa shape index (κ1) is 13.4. The summed E-state index contributed by atoms with van der Waals surface area (Å²) in [4.78, 5) is 2.36. The van der Waals surface area contributed by atoms with Gasteiger partial charge in [0.2, 0.25) is 0 Å². The lowest BCUT2D eigenvalue weighted by molar-refractivity contribution is 0.151. The first-order chi connectivity index (χ1) is 8.69.